The summed E-state index contributed by atoms with van der Waals surface area (Å²) in [7, 11) is 2.74. The Morgan fingerprint density at radius 2 is 1.07 bits per heavy atom. The fourth-order valence-corrected chi connectivity index (χ4v) is 4.06. The van der Waals surface area contributed by atoms with Gasteiger partial charge in [0.25, 0.3) is 0 Å². The molecule has 6 atom stereocenters. The van der Waals surface area contributed by atoms with Crippen molar-refractivity contribution in [3.05, 3.63) is 0 Å². The zero-order valence-corrected chi connectivity index (χ0v) is 10.9. The van der Waals surface area contributed by atoms with Gasteiger partial charge in [-0.15, -0.1) is 0 Å². The van der Waals surface area contributed by atoms with Gasteiger partial charge in [-0.2, -0.15) is 0 Å². The Balaban J connectivity index is 1.86. The molecule has 2 rings (SSSR count). The lowest BCUT2D eigenvalue weighted by atomic mass is 9.49. The second-order valence-electron chi connectivity index (χ2n) is 6.63. The molecule has 15 heavy (non-hydrogen) atoms. The van der Waals surface area contributed by atoms with E-state index in [0.717, 1.165) is 35.3 Å². The molecule has 0 saturated heterocycles. The van der Waals surface area contributed by atoms with E-state index in [4.69, 9.17) is 0 Å². The van der Waals surface area contributed by atoms with Gasteiger partial charge < -0.3 is 0 Å². The Labute approximate surface area is 96.5 Å². The Bertz CT molecular complexity index is 191. The van der Waals surface area contributed by atoms with Crippen LogP contribution in [0.3, 0.4) is 0 Å². The Morgan fingerprint density at radius 1 is 0.667 bits per heavy atom. The summed E-state index contributed by atoms with van der Waals surface area (Å²) in [4.78, 5) is 0. The third-order valence-electron chi connectivity index (χ3n) is 4.85. The predicted molar refractivity (Wildman–Crippen MR) is 68.4 cm³/mol. The number of hydrogen-bond acceptors (Lipinski definition) is 0. The van der Waals surface area contributed by atoms with Crippen molar-refractivity contribution in [2.45, 2.75) is 65.0 Å². The minimum absolute atomic E-state index is 0.928. The molecule has 2 fully saturated rings. The van der Waals surface area contributed by atoms with Crippen molar-refractivity contribution in [3.63, 3.8) is 0 Å². The first-order valence-electron chi connectivity index (χ1n) is 6.91. The normalized spacial score (nSPS) is 50.9. The van der Waals surface area contributed by atoms with Crippen LogP contribution in [0.15, 0.2) is 0 Å². The maximum Gasteiger partial charge on any atom is 0.118 e. The third kappa shape index (κ3) is 2.60. The average Bonchev–Trinajstić information content (AvgIpc) is 2.58. The van der Waals surface area contributed by atoms with Gasteiger partial charge in [-0.25, -0.2) is 0 Å². The first-order valence-corrected chi connectivity index (χ1v) is 6.91. The maximum atomic E-state index is 2.74. The van der Waals surface area contributed by atoms with Gasteiger partial charge in [-0.3, -0.25) is 0 Å². The lowest BCUT2D eigenvalue weighted by molar-refractivity contribution is 0.545. The molecule has 0 aromatic carbocycles. The van der Waals surface area contributed by atoms with Gasteiger partial charge >= 0.3 is 0 Å². The van der Waals surface area contributed by atoms with Crippen molar-refractivity contribution >= 4 is 7.28 Å². The van der Waals surface area contributed by atoms with Crippen LogP contribution in [0, 0.1) is 23.7 Å². The average molecular weight is 205 g/mol. The summed E-state index contributed by atoms with van der Waals surface area (Å²) in [6, 6.07) is 0. The van der Waals surface area contributed by atoms with E-state index < -0.39 is 0 Å². The van der Waals surface area contributed by atoms with Crippen LogP contribution < -0.4 is 0 Å². The van der Waals surface area contributed by atoms with Gasteiger partial charge in [0, 0.05) is 0 Å². The molecule has 0 heterocycles. The molecule has 0 bridgehead atoms. The highest BCUT2D eigenvalue weighted by molar-refractivity contribution is 6.40. The van der Waals surface area contributed by atoms with Crippen molar-refractivity contribution in [1.29, 1.82) is 0 Å². The summed E-state index contributed by atoms with van der Waals surface area (Å²) < 4.78 is 0. The van der Waals surface area contributed by atoms with Crippen LogP contribution in [-0.2, 0) is 0 Å². The Hall–Kier alpha value is 0.0649. The highest BCUT2D eigenvalue weighted by Crippen LogP contribution is 2.47. The third-order valence-corrected chi connectivity index (χ3v) is 4.85. The van der Waals surface area contributed by atoms with E-state index in [0.29, 0.717) is 0 Å². The first-order chi connectivity index (χ1) is 7.06. The van der Waals surface area contributed by atoms with E-state index in [1.54, 1.807) is 0 Å². The van der Waals surface area contributed by atoms with Crippen LogP contribution in [0.4, 0.5) is 0 Å². The minimum Gasteiger partial charge on any atom is -0.0658 e. The fraction of sp³-hybridized carbons (Fsp3) is 1.00. The van der Waals surface area contributed by atoms with Crippen molar-refractivity contribution in [2.75, 3.05) is 0 Å². The smallest absolute Gasteiger partial charge is 0.0658 e. The van der Waals surface area contributed by atoms with E-state index in [9.17, 15) is 0 Å². The van der Waals surface area contributed by atoms with E-state index in [1.165, 1.54) is 25.7 Å². The van der Waals surface area contributed by atoms with Crippen molar-refractivity contribution in [3.8, 4) is 0 Å². The minimum atomic E-state index is 0.928. The molecule has 1 radical (unpaired) electrons. The van der Waals surface area contributed by atoms with E-state index in [2.05, 4.69) is 35.0 Å². The molecule has 0 amide bonds. The van der Waals surface area contributed by atoms with Gasteiger partial charge in [0.1, 0.15) is 7.28 Å². The zero-order chi connectivity index (χ0) is 11.0. The molecule has 0 spiro atoms. The molecule has 2 aliphatic carbocycles. The molecule has 0 nitrogen and oxygen atoms in total. The molecule has 1 heteroatoms. The lowest BCUT2D eigenvalue weighted by Crippen LogP contribution is -2.15. The first kappa shape index (κ1) is 11.5. The van der Waals surface area contributed by atoms with Gasteiger partial charge in [0.2, 0.25) is 0 Å². The summed E-state index contributed by atoms with van der Waals surface area (Å²) in [5.74, 6) is 5.69. The Morgan fingerprint density at radius 3 is 1.33 bits per heavy atom. The second kappa shape index (κ2) is 4.51. The SMILES string of the molecule is CC1CC(C)C([B]C2CC(C)CC2C)C1. The molecular formula is C14H26B. The second-order valence-corrected chi connectivity index (χ2v) is 6.63. The lowest BCUT2D eigenvalue weighted by Gasteiger charge is -2.21. The fourth-order valence-electron chi connectivity index (χ4n) is 4.06. The molecule has 0 N–H and O–H groups in total. The van der Waals surface area contributed by atoms with E-state index >= 15 is 0 Å². The summed E-state index contributed by atoms with van der Waals surface area (Å²) >= 11 is 0. The van der Waals surface area contributed by atoms with Crippen LogP contribution in [0.2, 0.25) is 11.6 Å². The van der Waals surface area contributed by atoms with Gasteiger partial charge in [0.15, 0.2) is 0 Å². The van der Waals surface area contributed by atoms with Crippen LogP contribution in [-0.4, -0.2) is 7.28 Å². The molecule has 2 aliphatic rings. The van der Waals surface area contributed by atoms with Gasteiger partial charge in [-0.05, 0) is 36.5 Å². The summed E-state index contributed by atoms with van der Waals surface area (Å²) in [5, 5.41) is 0. The maximum absolute atomic E-state index is 2.74. The number of hydrogen-bond donors (Lipinski definition) is 0. The van der Waals surface area contributed by atoms with E-state index in [1.807, 2.05) is 0 Å². The summed E-state index contributed by atoms with van der Waals surface area (Å²) in [5.41, 5.74) is 0. The molecular weight excluding hydrogens is 179 g/mol. The van der Waals surface area contributed by atoms with Crippen molar-refractivity contribution < 1.29 is 0 Å². The summed E-state index contributed by atoms with van der Waals surface area (Å²) in [6.45, 7) is 9.75. The molecule has 0 aliphatic heterocycles. The molecule has 6 unspecified atom stereocenters. The van der Waals surface area contributed by atoms with E-state index in [-0.39, 0.29) is 0 Å². The summed E-state index contributed by atoms with van der Waals surface area (Å²) in [6.07, 6.45) is 5.83. The van der Waals surface area contributed by atoms with Gasteiger partial charge in [0.05, 0.1) is 0 Å². The molecule has 0 aromatic rings. The molecule has 2 saturated carbocycles. The van der Waals surface area contributed by atoms with Crippen molar-refractivity contribution in [1.82, 2.24) is 0 Å². The topological polar surface area (TPSA) is 0 Å². The van der Waals surface area contributed by atoms with Gasteiger partial charge in [-0.1, -0.05) is 52.2 Å². The monoisotopic (exact) mass is 205 g/mol. The zero-order valence-electron chi connectivity index (χ0n) is 10.9. The molecule has 85 valence electrons. The standard InChI is InChI=1S/C14H26B/c1-9-5-11(3)13(7-9)15-14-8-10(2)6-12(14)4/h9-14H,5-8H2,1-4H3. The van der Waals surface area contributed by atoms with Crippen LogP contribution in [0.5, 0.6) is 0 Å². The van der Waals surface area contributed by atoms with Crippen molar-refractivity contribution in [2.24, 2.45) is 23.7 Å². The quantitative estimate of drug-likeness (QED) is 0.586. The predicted octanol–water partition coefficient (Wildman–Crippen LogP) is 4.40. The highest BCUT2D eigenvalue weighted by atomic mass is 14.3. The van der Waals surface area contributed by atoms with Crippen LogP contribution in [0.1, 0.15) is 53.4 Å². The largest absolute Gasteiger partial charge is 0.118 e. The number of rotatable bonds is 2. The highest BCUT2D eigenvalue weighted by Gasteiger charge is 2.36. The molecule has 0 aromatic heterocycles. The van der Waals surface area contributed by atoms with Crippen LogP contribution >= 0.6 is 0 Å². The Kier molecular flexibility index (Phi) is 3.47. The van der Waals surface area contributed by atoms with Crippen LogP contribution in [0.25, 0.3) is 0 Å².